The van der Waals surface area contributed by atoms with Crippen LogP contribution in [-0.2, 0) is 6.54 Å². The molecule has 3 aromatic rings. The van der Waals surface area contributed by atoms with Gasteiger partial charge in [0.25, 0.3) is 0 Å². The average molecular weight is 297 g/mol. The van der Waals surface area contributed by atoms with Crippen molar-refractivity contribution < 1.29 is 0 Å². The van der Waals surface area contributed by atoms with E-state index in [-0.39, 0.29) is 6.04 Å². The van der Waals surface area contributed by atoms with Crippen LogP contribution in [0.4, 0.5) is 0 Å². The standard InChI is InChI=1S/C18H17ClN2/c1-13(16-7-4-5-9-18(16)19)21-12-15-11-20-10-14-6-2-3-8-17(14)15/h2-11,13,21H,12H2,1H3/t13-/m0/s1. The Balaban J connectivity index is 1.79. The smallest absolute Gasteiger partial charge is 0.0453 e. The van der Waals surface area contributed by atoms with E-state index in [2.05, 4.69) is 41.5 Å². The quantitative estimate of drug-likeness (QED) is 0.752. The fourth-order valence-corrected chi connectivity index (χ4v) is 2.82. The van der Waals surface area contributed by atoms with Crippen LogP contribution in [0.15, 0.2) is 60.9 Å². The van der Waals surface area contributed by atoms with E-state index in [4.69, 9.17) is 11.6 Å². The highest BCUT2D eigenvalue weighted by molar-refractivity contribution is 6.31. The molecule has 3 rings (SSSR count). The molecule has 3 heteroatoms. The fourth-order valence-electron chi connectivity index (χ4n) is 2.52. The molecule has 21 heavy (non-hydrogen) atoms. The highest BCUT2D eigenvalue weighted by atomic mass is 35.5. The first-order chi connectivity index (χ1) is 10.3. The Kier molecular flexibility index (Phi) is 4.18. The van der Waals surface area contributed by atoms with Crippen molar-refractivity contribution in [1.82, 2.24) is 10.3 Å². The van der Waals surface area contributed by atoms with E-state index in [1.807, 2.05) is 36.7 Å². The fraction of sp³-hybridized carbons (Fsp3) is 0.167. The summed E-state index contributed by atoms with van der Waals surface area (Å²) >= 11 is 6.24. The molecule has 1 aromatic heterocycles. The summed E-state index contributed by atoms with van der Waals surface area (Å²) in [6.07, 6.45) is 3.82. The highest BCUT2D eigenvalue weighted by Crippen LogP contribution is 2.23. The largest absolute Gasteiger partial charge is 0.306 e. The molecule has 0 unspecified atom stereocenters. The minimum Gasteiger partial charge on any atom is -0.306 e. The normalized spacial score (nSPS) is 12.5. The maximum Gasteiger partial charge on any atom is 0.0453 e. The molecule has 0 bridgehead atoms. The molecule has 0 aliphatic heterocycles. The molecule has 0 aliphatic rings. The predicted octanol–water partition coefficient (Wildman–Crippen LogP) is 4.74. The number of fused-ring (bicyclic) bond motifs is 1. The Morgan fingerprint density at radius 2 is 1.81 bits per heavy atom. The molecule has 1 N–H and O–H groups in total. The van der Waals surface area contributed by atoms with E-state index in [1.165, 1.54) is 16.3 Å². The van der Waals surface area contributed by atoms with Crippen LogP contribution in [0.3, 0.4) is 0 Å². The van der Waals surface area contributed by atoms with Gasteiger partial charge in [0.2, 0.25) is 0 Å². The molecule has 0 saturated heterocycles. The van der Waals surface area contributed by atoms with Crippen molar-refractivity contribution in [3.8, 4) is 0 Å². The summed E-state index contributed by atoms with van der Waals surface area (Å²) in [5, 5.41) is 6.73. The molecule has 0 amide bonds. The van der Waals surface area contributed by atoms with Gasteiger partial charge in [-0.3, -0.25) is 4.98 Å². The summed E-state index contributed by atoms with van der Waals surface area (Å²) in [7, 11) is 0. The van der Waals surface area contributed by atoms with Crippen LogP contribution in [0, 0.1) is 0 Å². The molecule has 0 spiro atoms. The third kappa shape index (κ3) is 3.07. The van der Waals surface area contributed by atoms with Crippen molar-refractivity contribution in [3.05, 3.63) is 77.1 Å². The summed E-state index contributed by atoms with van der Waals surface area (Å²) in [6.45, 7) is 2.89. The second kappa shape index (κ2) is 6.25. The first-order valence-electron chi connectivity index (χ1n) is 7.05. The van der Waals surface area contributed by atoms with Gasteiger partial charge >= 0.3 is 0 Å². The van der Waals surface area contributed by atoms with E-state index in [9.17, 15) is 0 Å². The number of rotatable bonds is 4. The monoisotopic (exact) mass is 296 g/mol. The number of nitrogens with one attached hydrogen (secondary N) is 1. The Labute approximate surface area is 129 Å². The maximum atomic E-state index is 6.24. The Morgan fingerprint density at radius 3 is 2.67 bits per heavy atom. The van der Waals surface area contributed by atoms with Crippen LogP contribution in [0.25, 0.3) is 10.8 Å². The van der Waals surface area contributed by atoms with Gasteiger partial charge in [-0.2, -0.15) is 0 Å². The van der Waals surface area contributed by atoms with Crippen LogP contribution in [0.2, 0.25) is 5.02 Å². The first kappa shape index (κ1) is 14.1. The van der Waals surface area contributed by atoms with Gasteiger partial charge in [-0.1, -0.05) is 54.1 Å². The van der Waals surface area contributed by atoms with Gasteiger partial charge in [-0.15, -0.1) is 0 Å². The molecular weight excluding hydrogens is 280 g/mol. The first-order valence-corrected chi connectivity index (χ1v) is 7.43. The SMILES string of the molecule is C[C@H](NCc1cncc2ccccc12)c1ccccc1Cl. The Bertz CT molecular complexity index is 750. The van der Waals surface area contributed by atoms with E-state index < -0.39 is 0 Å². The predicted molar refractivity (Wildman–Crippen MR) is 88.4 cm³/mol. The van der Waals surface area contributed by atoms with E-state index >= 15 is 0 Å². The van der Waals surface area contributed by atoms with Crippen molar-refractivity contribution in [3.63, 3.8) is 0 Å². The molecular formula is C18H17ClN2. The number of halogens is 1. The molecule has 0 aliphatic carbocycles. The van der Waals surface area contributed by atoms with E-state index in [0.29, 0.717) is 0 Å². The van der Waals surface area contributed by atoms with Crippen LogP contribution in [0.5, 0.6) is 0 Å². The number of benzene rings is 2. The molecule has 1 heterocycles. The number of pyridine rings is 1. The van der Waals surface area contributed by atoms with Gasteiger partial charge in [-0.05, 0) is 29.5 Å². The lowest BCUT2D eigenvalue weighted by Gasteiger charge is -2.16. The van der Waals surface area contributed by atoms with E-state index in [0.717, 1.165) is 17.1 Å². The van der Waals surface area contributed by atoms with Crippen molar-refractivity contribution in [1.29, 1.82) is 0 Å². The second-order valence-corrected chi connectivity index (χ2v) is 5.55. The van der Waals surface area contributed by atoms with Gasteiger partial charge in [0, 0.05) is 35.4 Å². The Hall–Kier alpha value is -1.90. The summed E-state index contributed by atoms with van der Waals surface area (Å²) < 4.78 is 0. The summed E-state index contributed by atoms with van der Waals surface area (Å²) in [5.74, 6) is 0. The molecule has 2 nitrogen and oxygen atoms in total. The van der Waals surface area contributed by atoms with Crippen molar-refractivity contribution >= 4 is 22.4 Å². The van der Waals surface area contributed by atoms with Crippen LogP contribution < -0.4 is 5.32 Å². The van der Waals surface area contributed by atoms with Gasteiger partial charge in [0.05, 0.1) is 0 Å². The van der Waals surface area contributed by atoms with Crippen LogP contribution in [0.1, 0.15) is 24.1 Å². The molecule has 0 fully saturated rings. The number of nitrogens with zero attached hydrogens (tertiary/aromatic N) is 1. The zero-order valence-corrected chi connectivity index (χ0v) is 12.6. The molecule has 1 atom stereocenters. The number of hydrogen-bond donors (Lipinski definition) is 1. The molecule has 0 saturated carbocycles. The zero-order chi connectivity index (χ0) is 14.7. The minimum absolute atomic E-state index is 0.192. The number of aromatic nitrogens is 1. The van der Waals surface area contributed by atoms with Gasteiger partial charge in [0.15, 0.2) is 0 Å². The summed E-state index contributed by atoms with van der Waals surface area (Å²) in [5.41, 5.74) is 2.32. The van der Waals surface area contributed by atoms with Crippen molar-refractivity contribution in [2.24, 2.45) is 0 Å². The Morgan fingerprint density at radius 1 is 1.05 bits per heavy atom. The lowest BCUT2D eigenvalue weighted by Crippen LogP contribution is -2.18. The molecule has 106 valence electrons. The minimum atomic E-state index is 0.192. The highest BCUT2D eigenvalue weighted by Gasteiger charge is 2.09. The van der Waals surface area contributed by atoms with Crippen molar-refractivity contribution in [2.45, 2.75) is 19.5 Å². The van der Waals surface area contributed by atoms with Crippen molar-refractivity contribution in [2.75, 3.05) is 0 Å². The molecule has 0 radical (unpaired) electrons. The third-order valence-corrected chi connectivity index (χ3v) is 4.07. The summed E-state index contributed by atoms with van der Waals surface area (Å²) in [6, 6.07) is 16.5. The lowest BCUT2D eigenvalue weighted by atomic mass is 10.1. The average Bonchev–Trinajstić information content (AvgIpc) is 2.53. The second-order valence-electron chi connectivity index (χ2n) is 5.14. The molecule has 2 aromatic carbocycles. The van der Waals surface area contributed by atoms with Gasteiger partial charge in [0.1, 0.15) is 0 Å². The van der Waals surface area contributed by atoms with Gasteiger partial charge < -0.3 is 5.32 Å². The summed E-state index contributed by atoms with van der Waals surface area (Å²) in [4.78, 5) is 4.32. The lowest BCUT2D eigenvalue weighted by molar-refractivity contribution is 0.576. The van der Waals surface area contributed by atoms with Crippen LogP contribution >= 0.6 is 11.6 Å². The third-order valence-electron chi connectivity index (χ3n) is 3.72. The number of hydrogen-bond acceptors (Lipinski definition) is 2. The van der Waals surface area contributed by atoms with E-state index in [1.54, 1.807) is 0 Å². The van der Waals surface area contributed by atoms with Crippen LogP contribution in [-0.4, -0.2) is 4.98 Å². The zero-order valence-electron chi connectivity index (χ0n) is 11.9. The topological polar surface area (TPSA) is 24.9 Å². The maximum absolute atomic E-state index is 6.24. The van der Waals surface area contributed by atoms with Gasteiger partial charge in [-0.25, -0.2) is 0 Å².